The first kappa shape index (κ1) is 12.6. The number of ether oxygens (including phenoxy) is 1. The van der Waals surface area contributed by atoms with Gasteiger partial charge in [0, 0.05) is 30.1 Å². The van der Waals surface area contributed by atoms with Crippen LogP contribution in [0.5, 0.6) is 5.75 Å². The molecule has 0 atom stereocenters. The number of nitrogens with two attached hydrogens (primary N) is 1. The molecule has 0 aliphatic rings. The van der Waals surface area contributed by atoms with Gasteiger partial charge in [0.05, 0.1) is 6.61 Å². The summed E-state index contributed by atoms with van der Waals surface area (Å²) in [6.45, 7) is 2.96. The fourth-order valence-corrected chi connectivity index (χ4v) is 2.28. The molecule has 2 heterocycles. The molecule has 0 amide bonds. The van der Waals surface area contributed by atoms with Crippen LogP contribution in [0.1, 0.15) is 12.5 Å². The van der Waals surface area contributed by atoms with E-state index in [4.69, 9.17) is 10.5 Å². The van der Waals surface area contributed by atoms with E-state index in [-0.39, 0.29) is 0 Å². The van der Waals surface area contributed by atoms with Crippen molar-refractivity contribution in [1.29, 1.82) is 0 Å². The summed E-state index contributed by atoms with van der Waals surface area (Å²) >= 11 is 0. The summed E-state index contributed by atoms with van der Waals surface area (Å²) in [6, 6.07) is 9.70. The molecule has 3 rings (SSSR count). The summed E-state index contributed by atoms with van der Waals surface area (Å²) in [4.78, 5) is 4.35. The van der Waals surface area contributed by atoms with Gasteiger partial charge in [-0.2, -0.15) is 5.10 Å². The van der Waals surface area contributed by atoms with Gasteiger partial charge in [-0.3, -0.25) is 0 Å². The molecule has 0 bridgehead atoms. The van der Waals surface area contributed by atoms with Crippen molar-refractivity contribution in [3.8, 4) is 17.0 Å². The summed E-state index contributed by atoms with van der Waals surface area (Å²) in [5.74, 6) is 0.813. The molecule has 0 aliphatic heterocycles. The predicted molar refractivity (Wildman–Crippen MR) is 77.5 cm³/mol. The fraction of sp³-hybridized carbons (Fsp3) is 0.200. The molecule has 0 saturated carbocycles. The van der Waals surface area contributed by atoms with Crippen molar-refractivity contribution < 1.29 is 4.74 Å². The van der Waals surface area contributed by atoms with Crippen LogP contribution in [0.4, 0.5) is 0 Å². The first-order valence-electron chi connectivity index (χ1n) is 6.59. The van der Waals surface area contributed by atoms with Crippen molar-refractivity contribution in [2.75, 3.05) is 6.61 Å². The van der Waals surface area contributed by atoms with Crippen LogP contribution in [0.2, 0.25) is 0 Å². The number of rotatable bonds is 4. The number of fused-ring (bicyclic) bond motifs is 1. The number of para-hydroxylation sites is 1. The van der Waals surface area contributed by atoms with Crippen molar-refractivity contribution in [1.82, 2.24) is 14.6 Å². The molecule has 3 aromatic rings. The Kier molecular flexibility index (Phi) is 3.35. The molecule has 5 heteroatoms. The average molecular weight is 268 g/mol. The molecular weight excluding hydrogens is 252 g/mol. The lowest BCUT2D eigenvalue weighted by atomic mass is 10.1. The van der Waals surface area contributed by atoms with Crippen LogP contribution >= 0.6 is 0 Å². The van der Waals surface area contributed by atoms with E-state index in [0.717, 1.165) is 28.2 Å². The van der Waals surface area contributed by atoms with Gasteiger partial charge >= 0.3 is 0 Å². The van der Waals surface area contributed by atoms with Crippen molar-refractivity contribution in [3.05, 3.63) is 48.3 Å². The molecule has 0 spiro atoms. The minimum absolute atomic E-state index is 0.385. The summed E-state index contributed by atoms with van der Waals surface area (Å²) in [6.07, 6.45) is 3.61. The molecule has 0 unspecified atom stereocenters. The normalized spacial score (nSPS) is 10.9. The molecule has 2 N–H and O–H groups in total. The lowest BCUT2D eigenvalue weighted by Gasteiger charge is -2.08. The van der Waals surface area contributed by atoms with Crippen LogP contribution < -0.4 is 10.5 Å². The highest BCUT2D eigenvalue weighted by molar-refractivity contribution is 5.75. The number of hydrogen-bond acceptors (Lipinski definition) is 4. The van der Waals surface area contributed by atoms with Crippen LogP contribution in [-0.2, 0) is 6.54 Å². The van der Waals surface area contributed by atoms with E-state index < -0.39 is 0 Å². The van der Waals surface area contributed by atoms with Gasteiger partial charge in [0.2, 0.25) is 0 Å². The van der Waals surface area contributed by atoms with E-state index in [1.165, 1.54) is 0 Å². The standard InChI is InChI=1S/C15H16N4O/c1-2-20-13-7-4-3-6-11(13)14-12(10-16)15-17-8-5-9-19(15)18-14/h3-9H,2,10,16H2,1H3. The molecule has 0 saturated heterocycles. The highest BCUT2D eigenvalue weighted by Crippen LogP contribution is 2.32. The third-order valence-corrected chi connectivity index (χ3v) is 3.14. The quantitative estimate of drug-likeness (QED) is 0.788. The Morgan fingerprint density at radius 2 is 2.10 bits per heavy atom. The molecule has 0 radical (unpaired) electrons. The molecule has 0 aliphatic carbocycles. The van der Waals surface area contributed by atoms with Crippen LogP contribution in [0, 0.1) is 0 Å². The Morgan fingerprint density at radius 3 is 2.90 bits per heavy atom. The van der Waals surface area contributed by atoms with E-state index in [2.05, 4.69) is 10.1 Å². The van der Waals surface area contributed by atoms with Gasteiger partial charge in [-0.25, -0.2) is 9.50 Å². The van der Waals surface area contributed by atoms with E-state index >= 15 is 0 Å². The fourth-order valence-electron chi connectivity index (χ4n) is 2.28. The molecule has 20 heavy (non-hydrogen) atoms. The van der Waals surface area contributed by atoms with Gasteiger partial charge in [0.15, 0.2) is 5.65 Å². The summed E-state index contributed by atoms with van der Waals surface area (Å²) < 4.78 is 7.43. The van der Waals surface area contributed by atoms with Crippen LogP contribution in [0.3, 0.4) is 0 Å². The van der Waals surface area contributed by atoms with Gasteiger partial charge in [0.1, 0.15) is 11.4 Å². The monoisotopic (exact) mass is 268 g/mol. The topological polar surface area (TPSA) is 65.4 Å². The van der Waals surface area contributed by atoms with Crippen LogP contribution in [0.15, 0.2) is 42.7 Å². The van der Waals surface area contributed by atoms with Crippen LogP contribution in [-0.4, -0.2) is 21.2 Å². The molecule has 2 aromatic heterocycles. The zero-order valence-electron chi connectivity index (χ0n) is 11.3. The van der Waals surface area contributed by atoms with Gasteiger partial charge in [-0.1, -0.05) is 12.1 Å². The Morgan fingerprint density at radius 1 is 1.25 bits per heavy atom. The van der Waals surface area contributed by atoms with Crippen LogP contribution in [0.25, 0.3) is 16.9 Å². The maximum absolute atomic E-state index is 5.89. The maximum Gasteiger partial charge on any atom is 0.160 e. The van der Waals surface area contributed by atoms with E-state index in [1.807, 2.05) is 43.5 Å². The van der Waals surface area contributed by atoms with Crippen molar-refractivity contribution in [2.45, 2.75) is 13.5 Å². The molecule has 102 valence electrons. The average Bonchev–Trinajstić information content (AvgIpc) is 2.86. The molecule has 1 aromatic carbocycles. The second-order valence-corrected chi connectivity index (χ2v) is 4.35. The van der Waals surface area contributed by atoms with Gasteiger partial charge in [-0.15, -0.1) is 0 Å². The second kappa shape index (κ2) is 5.30. The Balaban J connectivity index is 2.24. The number of aromatic nitrogens is 3. The van der Waals surface area contributed by atoms with E-state index in [0.29, 0.717) is 13.2 Å². The number of nitrogens with zero attached hydrogens (tertiary/aromatic N) is 3. The predicted octanol–water partition coefficient (Wildman–Crippen LogP) is 2.25. The zero-order valence-corrected chi connectivity index (χ0v) is 11.3. The minimum Gasteiger partial charge on any atom is -0.493 e. The summed E-state index contributed by atoms with van der Waals surface area (Å²) in [5, 5.41) is 4.59. The largest absolute Gasteiger partial charge is 0.493 e. The van der Waals surface area contributed by atoms with Gasteiger partial charge in [0.25, 0.3) is 0 Å². The molecule has 0 fully saturated rings. The summed E-state index contributed by atoms with van der Waals surface area (Å²) in [7, 11) is 0. The van der Waals surface area contributed by atoms with Gasteiger partial charge < -0.3 is 10.5 Å². The van der Waals surface area contributed by atoms with Crippen molar-refractivity contribution in [2.24, 2.45) is 5.73 Å². The van der Waals surface area contributed by atoms with E-state index in [9.17, 15) is 0 Å². The second-order valence-electron chi connectivity index (χ2n) is 4.35. The van der Waals surface area contributed by atoms with Gasteiger partial charge in [-0.05, 0) is 25.1 Å². The molecule has 5 nitrogen and oxygen atoms in total. The summed E-state index contributed by atoms with van der Waals surface area (Å²) in [5.41, 5.74) is 9.38. The smallest absolute Gasteiger partial charge is 0.160 e. The maximum atomic E-state index is 5.89. The van der Waals surface area contributed by atoms with Crippen molar-refractivity contribution in [3.63, 3.8) is 0 Å². The van der Waals surface area contributed by atoms with Crippen molar-refractivity contribution >= 4 is 5.65 Å². The first-order chi connectivity index (χ1) is 9.85. The third kappa shape index (κ3) is 2.02. The first-order valence-corrected chi connectivity index (χ1v) is 6.59. The zero-order chi connectivity index (χ0) is 13.9. The Hall–Kier alpha value is -2.40. The highest BCUT2D eigenvalue weighted by atomic mass is 16.5. The third-order valence-electron chi connectivity index (χ3n) is 3.14. The lowest BCUT2D eigenvalue weighted by molar-refractivity contribution is 0.341. The van der Waals surface area contributed by atoms with E-state index in [1.54, 1.807) is 10.7 Å². The molecular formula is C15H16N4O. The Labute approximate surface area is 117 Å². The number of hydrogen-bond donors (Lipinski definition) is 1. The Bertz CT molecular complexity index is 736. The number of benzene rings is 1. The highest BCUT2D eigenvalue weighted by Gasteiger charge is 2.17. The minimum atomic E-state index is 0.385. The lowest BCUT2D eigenvalue weighted by Crippen LogP contribution is -2.00. The SMILES string of the molecule is CCOc1ccccc1-c1nn2cccnc2c1CN.